The molecule has 3 heterocycles. The summed E-state index contributed by atoms with van der Waals surface area (Å²) in [6.45, 7) is 10.2. The van der Waals surface area contributed by atoms with Gasteiger partial charge in [0.2, 0.25) is 5.91 Å². The number of nitrogens with zero attached hydrogens (tertiary/aromatic N) is 5. The number of piperazine rings is 1. The second-order valence-electron chi connectivity index (χ2n) is 8.20. The summed E-state index contributed by atoms with van der Waals surface area (Å²) in [6.07, 6.45) is 1.06. The van der Waals surface area contributed by atoms with Crippen LogP contribution in [0.3, 0.4) is 0 Å². The van der Waals surface area contributed by atoms with Gasteiger partial charge in [-0.3, -0.25) is 4.79 Å². The summed E-state index contributed by atoms with van der Waals surface area (Å²) in [4.78, 5) is 21.9. The average molecular weight is 407 g/mol. The predicted octanol–water partition coefficient (Wildman–Crippen LogP) is 2.98. The van der Waals surface area contributed by atoms with Crippen LogP contribution in [0, 0.1) is 20.8 Å². The molecule has 0 bridgehead atoms. The summed E-state index contributed by atoms with van der Waals surface area (Å²) < 4.78 is 1.87. The number of hydrogen-bond acceptors (Lipinski definition) is 5. The highest BCUT2D eigenvalue weighted by atomic mass is 16.1. The molecule has 1 aliphatic heterocycles. The lowest BCUT2D eigenvalue weighted by molar-refractivity contribution is -0.116. The number of anilines is 2. The number of fused-ring (bicyclic) bond motifs is 1. The van der Waals surface area contributed by atoms with E-state index in [0.717, 1.165) is 60.2 Å². The molecule has 7 nitrogen and oxygen atoms in total. The standard InChI is InChI=1S/C23H30N6O/c1-16-15-22-24-17(2)21(18(3)29(22)26-16)9-10-23(30)25-19-5-7-20(8-6-19)28-13-11-27(4)12-14-28/h5-8,15H,9-14H2,1-4H3,(H,25,30). The molecule has 1 N–H and O–H groups in total. The van der Waals surface area contributed by atoms with E-state index in [1.165, 1.54) is 5.69 Å². The van der Waals surface area contributed by atoms with Crippen LogP contribution in [0.15, 0.2) is 30.3 Å². The van der Waals surface area contributed by atoms with Gasteiger partial charge in [-0.25, -0.2) is 9.50 Å². The molecule has 7 heteroatoms. The number of carbonyl (C=O) groups is 1. The number of nitrogens with one attached hydrogen (secondary N) is 1. The molecule has 1 saturated heterocycles. The molecule has 0 saturated carbocycles. The van der Waals surface area contributed by atoms with E-state index in [2.05, 4.69) is 44.4 Å². The minimum Gasteiger partial charge on any atom is -0.369 e. The maximum atomic E-state index is 12.5. The first-order valence-electron chi connectivity index (χ1n) is 10.6. The summed E-state index contributed by atoms with van der Waals surface area (Å²) in [5.74, 6) is 0.0119. The van der Waals surface area contributed by atoms with Crippen LogP contribution in [0.25, 0.3) is 5.65 Å². The number of likely N-dealkylation sites (N-methyl/N-ethyl adjacent to an activating group) is 1. The van der Waals surface area contributed by atoms with Crippen molar-refractivity contribution in [3.63, 3.8) is 0 Å². The highest BCUT2D eigenvalue weighted by Crippen LogP contribution is 2.20. The highest BCUT2D eigenvalue weighted by Gasteiger charge is 2.15. The zero-order valence-electron chi connectivity index (χ0n) is 18.3. The van der Waals surface area contributed by atoms with Crippen LogP contribution in [0.5, 0.6) is 0 Å². The normalized spacial score (nSPS) is 15.0. The minimum absolute atomic E-state index is 0.0119. The molecule has 1 fully saturated rings. The Morgan fingerprint density at radius 2 is 1.77 bits per heavy atom. The van der Waals surface area contributed by atoms with Gasteiger partial charge in [-0.1, -0.05) is 0 Å². The Kier molecular flexibility index (Phi) is 5.72. The maximum absolute atomic E-state index is 12.5. The SMILES string of the molecule is Cc1cc2nc(C)c(CCC(=O)Nc3ccc(N4CCN(C)CC4)cc3)c(C)n2n1. The fourth-order valence-corrected chi connectivity index (χ4v) is 4.09. The Morgan fingerprint density at radius 1 is 1.07 bits per heavy atom. The van der Waals surface area contributed by atoms with Crippen molar-refractivity contribution in [2.24, 2.45) is 0 Å². The van der Waals surface area contributed by atoms with Gasteiger partial charge in [0.05, 0.1) is 5.69 Å². The van der Waals surface area contributed by atoms with E-state index in [1.54, 1.807) is 0 Å². The van der Waals surface area contributed by atoms with Crippen LogP contribution in [-0.4, -0.2) is 58.6 Å². The summed E-state index contributed by atoms with van der Waals surface area (Å²) in [5, 5.41) is 7.53. The molecule has 1 amide bonds. The number of carbonyl (C=O) groups excluding carboxylic acids is 1. The second-order valence-corrected chi connectivity index (χ2v) is 8.20. The van der Waals surface area contributed by atoms with Crippen molar-refractivity contribution >= 4 is 22.9 Å². The van der Waals surface area contributed by atoms with Gasteiger partial charge in [-0.15, -0.1) is 0 Å². The van der Waals surface area contributed by atoms with Crippen LogP contribution in [-0.2, 0) is 11.2 Å². The van der Waals surface area contributed by atoms with Gasteiger partial charge in [0.1, 0.15) is 0 Å². The summed E-state index contributed by atoms with van der Waals surface area (Å²) in [6, 6.07) is 10.1. The average Bonchev–Trinajstić information content (AvgIpc) is 3.09. The molecule has 1 aromatic carbocycles. The molecule has 158 valence electrons. The lowest BCUT2D eigenvalue weighted by Gasteiger charge is -2.34. The fraction of sp³-hybridized carbons (Fsp3) is 0.435. The second kappa shape index (κ2) is 8.44. The van der Waals surface area contributed by atoms with E-state index in [0.29, 0.717) is 12.8 Å². The third kappa shape index (κ3) is 4.31. The Bertz CT molecular complexity index is 1050. The Hall–Kier alpha value is -2.93. The van der Waals surface area contributed by atoms with Crippen molar-refractivity contribution in [1.82, 2.24) is 19.5 Å². The van der Waals surface area contributed by atoms with Crippen LogP contribution >= 0.6 is 0 Å². The zero-order chi connectivity index (χ0) is 21.3. The van der Waals surface area contributed by atoms with Crippen molar-refractivity contribution in [3.05, 3.63) is 53.0 Å². The third-order valence-corrected chi connectivity index (χ3v) is 5.91. The molecule has 0 spiro atoms. The quantitative estimate of drug-likeness (QED) is 0.706. The number of benzene rings is 1. The summed E-state index contributed by atoms with van der Waals surface area (Å²) in [7, 11) is 2.16. The van der Waals surface area contributed by atoms with Gasteiger partial charge in [-0.2, -0.15) is 5.10 Å². The molecular weight excluding hydrogens is 376 g/mol. The summed E-state index contributed by atoms with van der Waals surface area (Å²) in [5.41, 5.74) is 6.95. The number of aryl methyl sites for hydroxylation is 3. The first-order chi connectivity index (χ1) is 14.4. The fourth-order valence-electron chi connectivity index (χ4n) is 4.09. The molecule has 3 aromatic rings. The van der Waals surface area contributed by atoms with E-state index >= 15 is 0 Å². The van der Waals surface area contributed by atoms with Crippen molar-refractivity contribution in [3.8, 4) is 0 Å². The molecule has 0 aliphatic carbocycles. The van der Waals surface area contributed by atoms with Crippen LogP contribution in [0.4, 0.5) is 11.4 Å². The first kappa shape index (κ1) is 20.3. The van der Waals surface area contributed by atoms with E-state index in [4.69, 9.17) is 0 Å². The Balaban J connectivity index is 1.36. The monoisotopic (exact) mass is 406 g/mol. The van der Waals surface area contributed by atoms with Gasteiger partial charge in [0, 0.05) is 61.4 Å². The van der Waals surface area contributed by atoms with Crippen LogP contribution in [0.2, 0.25) is 0 Å². The van der Waals surface area contributed by atoms with Crippen LogP contribution < -0.4 is 10.2 Å². The molecule has 4 rings (SSSR count). The third-order valence-electron chi connectivity index (χ3n) is 5.91. The first-order valence-corrected chi connectivity index (χ1v) is 10.6. The molecule has 0 atom stereocenters. The Morgan fingerprint density at radius 3 is 2.47 bits per heavy atom. The lowest BCUT2D eigenvalue weighted by Crippen LogP contribution is -2.44. The molecule has 2 aromatic heterocycles. The number of amides is 1. The molecule has 0 radical (unpaired) electrons. The van der Waals surface area contributed by atoms with Gasteiger partial charge < -0.3 is 15.1 Å². The molecule has 1 aliphatic rings. The lowest BCUT2D eigenvalue weighted by atomic mass is 10.1. The van der Waals surface area contributed by atoms with Crippen LogP contribution in [0.1, 0.15) is 29.1 Å². The van der Waals surface area contributed by atoms with Crippen molar-refractivity contribution in [1.29, 1.82) is 0 Å². The molecule has 0 unspecified atom stereocenters. The summed E-state index contributed by atoms with van der Waals surface area (Å²) >= 11 is 0. The topological polar surface area (TPSA) is 65.8 Å². The van der Waals surface area contributed by atoms with E-state index in [-0.39, 0.29) is 5.91 Å². The zero-order valence-corrected chi connectivity index (χ0v) is 18.3. The van der Waals surface area contributed by atoms with Crippen molar-refractivity contribution < 1.29 is 4.79 Å². The van der Waals surface area contributed by atoms with Crippen molar-refractivity contribution in [2.75, 3.05) is 43.4 Å². The maximum Gasteiger partial charge on any atom is 0.224 e. The smallest absolute Gasteiger partial charge is 0.224 e. The van der Waals surface area contributed by atoms with Gasteiger partial charge in [0.15, 0.2) is 5.65 Å². The van der Waals surface area contributed by atoms with Gasteiger partial charge in [0.25, 0.3) is 0 Å². The van der Waals surface area contributed by atoms with E-state index in [1.807, 2.05) is 43.5 Å². The predicted molar refractivity (Wildman–Crippen MR) is 120 cm³/mol. The van der Waals surface area contributed by atoms with Gasteiger partial charge in [-0.05, 0) is 64.1 Å². The van der Waals surface area contributed by atoms with Gasteiger partial charge >= 0.3 is 0 Å². The number of rotatable bonds is 5. The highest BCUT2D eigenvalue weighted by molar-refractivity contribution is 5.91. The Labute approximate surface area is 177 Å². The molecular formula is C23H30N6O. The van der Waals surface area contributed by atoms with E-state index < -0.39 is 0 Å². The van der Waals surface area contributed by atoms with E-state index in [9.17, 15) is 4.79 Å². The largest absolute Gasteiger partial charge is 0.369 e. The minimum atomic E-state index is 0.0119. The number of aromatic nitrogens is 3. The molecule has 30 heavy (non-hydrogen) atoms. The number of hydrogen-bond donors (Lipinski definition) is 1. The van der Waals surface area contributed by atoms with Crippen molar-refractivity contribution in [2.45, 2.75) is 33.6 Å².